The highest BCUT2D eigenvalue weighted by Gasteiger charge is 2.14. The number of hydrogen-bond donors (Lipinski definition) is 1. The van der Waals surface area contributed by atoms with Gasteiger partial charge in [-0.1, -0.05) is 13.0 Å². The summed E-state index contributed by atoms with van der Waals surface area (Å²) in [5.74, 6) is 0. The molecule has 0 saturated heterocycles. The third-order valence-electron chi connectivity index (χ3n) is 3.14. The summed E-state index contributed by atoms with van der Waals surface area (Å²) in [6, 6.07) is 6.54. The molecule has 1 N–H and O–H groups in total. The van der Waals surface area contributed by atoms with Crippen LogP contribution in [0.3, 0.4) is 0 Å². The van der Waals surface area contributed by atoms with Gasteiger partial charge in [-0.3, -0.25) is 0 Å². The average Bonchev–Trinajstić information content (AvgIpc) is 2.57. The fraction of sp³-hybridized carbons (Fsp3) is 0.429. The first-order chi connectivity index (χ1) is 7.50. The van der Waals surface area contributed by atoms with Crippen molar-refractivity contribution in [1.82, 2.24) is 4.57 Å². The number of fused-ring (bicyclic) bond motifs is 1. The molecule has 0 atom stereocenters. The van der Waals surface area contributed by atoms with Gasteiger partial charge in [-0.05, 0) is 37.8 Å². The third-order valence-corrected chi connectivity index (χ3v) is 3.14. The Hall–Kier alpha value is -1.44. The van der Waals surface area contributed by atoms with E-state index in [1.807, 2.05) is 0 Å². The van der Waals surface area contributed by atoms with Crippen LogP contribution in [0.5, 0.6) is 0 Å². The molecule has 0 aliphatic rings. The van der Waals surface area contributed by atoms with Gasteiger partial charge in [0.25, 0.3) is 0 Å². The Morgan fingerprint density at radius 1 is 1.19 bits per heavy atom. The van der Waals surface area contributed by atoms with Crippen LogP contribution in [0.25, 0.3) is 10.8 Å². The molecule has 0 radical (unpaired) electrons. The van der Waals surface area contributed by atoms with Crippen LogP contribution in [-0.4, -0.2) is 10.1 Å². The lowest BCUT2D eigenvalue weighted by Crippen LogP contribution is -2.29. The van der Waals surface area contributed by atoms with Crippen LogP contribution in [0.2, 0.25) is 0 Å². The fourth-order valence-corrected chi connectivity index (χ4v) is 1.84. The van der Waals surface area contributed by atoms with Gasteiger partial charge in [0.1, 0.15) is 0 Å². The molecule has 1 heterocycles. The minimum absolute atomic E-state index is 0.155. The Labute approximate surface area is 97.3 Å². The molecule has 2 heteroatoms. The molecule has 16 heavy (non-hydrogen) atoms. The molecule has 2 aromatic rings. The zero-order valence-corrected chi connectivity index (χ0v) is 10.5. The number of nitrogens with one attached hydrogen (secondary N) is 1. The van der Waals surface area contributed by atoms with E-state index in [4.69, 9.17) is 0 Å². The van der Waals surface area contributed by atoms with Gasteiger partial charge in [0.15, 0.2) is 0 Å². The molecule has 0 bridgehead atoms. The Balaban J connectivity index is 2.32. The first-order valence-corrected chi connectivity index (χ1v) is 5.84. The summed E-state index contributed by atoms with van der Waals surface area (Å²) in [5.41, 5.74) is 1.35. The zero-order valence-electron chi connectivity index (χ0n) is 10.5. The molecule has 0 amide bonds. The van der Waals surface area contributed by atoms with Crippen molar-refractivity contribution in [3.8, 4) is 0 Å². The number of aromatic nitrogens is 1. The van der Waals surface area contributed by atoms with E-state index in [0.29, 0.717) is 0 Å². The number of rotatable bonds is 3. The molecular weight excluding hydrogens is 196 g/mol. The summed E-state index contributed by atoms with van der Waals surface area (Å²) < 4.78 is 2.10. The van der Waals surface area contributed by atoms with Crippen LogP contribution in [0, 0.1) is 0 Å². The minimum Gasteiger partial charge on any atom is -0.380 e. The average molecular weight is 216 g/mol. The predicted octanol–water partition coefficient (Wildman–Crippen LogP) is 3.78. The first kappa shape index (κ1) is 11.1. The van der Waals surface area contributed by atoms with E-state index >= 15 is 0 Å². The van der Waals surface area contributed by atoms with Gasteiger partial charge in [-0.15, -0.1) is 0 Å². The number of anilines is 1. The zero-order chi connectivity index (χ0) is 11.8. The Kier molecular flexibility index (Phi) is 2.66. The van der Waals surface area contributed by atoms with Gasteiger partial charge in [0.05, 0.1) is 0 Å². The number of nitrogens with zero attached hydrogens (tertiary/aromatic N) is 1. The van der Waals surface area contributed by atoms with Crippen LogP contribution in [-0.2, 0) is 7.05 Å². The van der Waals surface area contributed by atoms with Crippen molar-refractivity contribution in [2.45, 2.75) is 32.7 Å². The second-order valence-corrected chi connectivity index (χ2v) is 5.13. The van der Waals surface area contributed by atoms with Crippen molar-refractivity contribution in [3.63, 3.8) is 0 Å². The smallest absolute Gasteiger partial charge is 0.0351 e. The maximum Gasteiger partial charge on any atom is 0.0351 e. The van der Waals surface area contributed by atoms with Crippen molar-refractivity contribution in [2.75, 3.05) is 5.32 Å². The fourth-order valence-electron chi connectivity index (χ4n) is 1.84. The molecule has 1 aromatic carbocycles. The summed E-state index contributed by atoms with van der Waals surface area (Å²) in [6.07, 6.45) is 5.41. The SMILES string of the molecule is CCC(C)(C)Nc1ccc2cn(C)cc2c1. The highest BCUT2D eigenvalue weighted by atomic mass is 15.0. The lowest BCUT2D eigenvalue weighted by atomic mass is 10.0. The lowest BCUT2D eigenvalue weighted by molar-refractivity contribution is 0.547. The van der Waals surface area contributed by atoms with Gasteiger partial charge in [-0.25, -0.2) is 0 Å². The Bertz CT molecular complexity index is 494. The minimum atomic E-state index is 0.155. The van der Waals surface area contributed by atoms with E-state index in [2.05, 4.69) is 68.3 Å². The quantitative estimate of drug-likeness (QED) is 0.826. The molecular formula is C14H20N2. The molecule has 2 rings (SSSR count). The molecule has 0 fully saturated rings. The number of aryl methyl sites for hydroxylation is 1. The van der Waals surface area contributed by atoms with Crippen LogP contribution in [0.15, 0.2) is 30.6 Å². The molecule has 0 spiro atoms. The molecule has 2 nitrogen and oxygen atoms in total. The molecule has 0 saturated carbocycles. The van der Waals surface area contributed by atoms with E-state index < -0.39 is 0 Å². The molecule has 86 valence electrons. The van der Waals surface area contributed by atoms with E-state index in [0.717, 1.165) is 6.42 Å². The highest BCUT2D eigenvalue weighted by Crippen LogP contribution is 2.23. The maximum absolute atomic E-state index is 3.56. The van der Waals surface area contributed by atoms with Crippen molar-refractivity contribution in [2.24, 2.45) is 7.05 Å². The number of hydrogen-bond acceptors (Lipinski definition) is 1. The summed E-state index contributed by atoms with van der Waals surface area (Å²) in [7, 11) is 2.06. The van der Waals surface area contributed by atoms with E-state index in [-0.39, 0.29) is 5.54 Å². The summed E-state index contributed by atoms with van der Waals surface area (Å²) in [4.78, 5) is 0. The van der Waals surface area contributed by atoms with Gasteiger partial charge in [0, 0.05) is 36.1 Å². The second kappa shape index (κ2) is 3.85. The second-order valence-electron chi connectivity index (χ2n) is 5.13. The van der Waals surface area contributed by atoms with Crippen LogP contribution in [0.4, 0.5) is 5.69 Å². The summed E-state index contributed by atoms with van der Waals surface area (Å²) >= 11 is 0. The maximum atomic E-state index is 3.56. The van der Waals surface area contributed by atoms with Crippen molar-refractivity contribution in [1.29, 1.82) is 0 Å². The van der Waals surface area contributed by atoms with E-state index in [1.54, 1.807) is 0 Å². The third kappa shape index (κ3) is 2.21. The Morgan fingerprint density at radius 2 is 1.88 bits per heavy atom. The monoisotopic (exact) mass is 216 g/mol. The molecule has 1 aromatic heterocycles. The van der Waals surface area contributed by atoms with E-state index in [1.165, 1.54) is 16.5 Å². The number of benzene rings is 1. The first-order valence-electron chi connectivity index (χ1n) is 5.84. The highest BCUT2D eigenvalue weighted by molar-refractivity contribution is 5.85. The van der Waals surface area contributed by atoms with Gasteiger partial charge in [-0.2, -0.15) is 0 Å². The van der Waals surface area contributed by atoms with Gasteiger partial charge in [0.2, 0.25) is 0 Å². The van der Waals surface area contributed by atoms with Crippen LogP contribution >= 0.6 is 0 Å². The summed E-state index contributed by atoms with van der Waals surface area (Å²) in [5, 5.41) is 6.15. The normalized spacial score (nSPS) is 12.0. The predicted molar refractivity (Wildman–Crippen MR) is 70.9 cm³/mol. The molecule has 0 aliphatic heterocycles. The van der Waals surface area contributed by atoms with E-state index in [9.17, 15) is 0 Å². The van der Waals surface area contributed by atoms with Crippen molar-refractivity contribution < 1.29 is 0 Å². The van der Waals surface area contributed by atoms with Crippen molar-refractivity contribution >= 4 is 16.5 Å². The van der Waals surface area contributed by atoms with Crippen LogP contribution < -0.4 is 5.32 Å². The van der Waals surface area contributed by atoms with Gasteiger partial charge < -0.3 is 9.88 Å². The molecule has 0 aliphatic carbocycles. The Morgan fingerprint density at radius 3 is 2.56 bits per heavy atom. The topological polar surface area (TPSA) is 17.0 Å². The largest absolute Gasteiger partial charge is 0.380 e. The van der Waals surface area contributed by atoms with Crippen molar-refractivity contribution in [3.05, 3.63) is 30.6 Å². The summed E-state index contributed by atoms with van der Waals surface area (Å²) in [6.45, 7) is 6.65. The van der Waals surface area contributed by atoms with Crippen LogP contribution in [0.1, 0.15) is 27.2 Å². The lowest BCUT2D eigenvalue weighted by Gasteiger charge is -2.25. The molecule has 0 unspecified atom stereocenters. The van der Waals surface area contributed by atoms with Gasteiger partial charge >= 0.3 is 0 Å². The standard InChI is InChI=1S/C14H20N2/c1-5-14(2,3)15-13-7-6-11-9-16(4)10-12(11)8-13/h6-10,15H,5H2,1-4H3.